The third-order valence-corrected chi connectivity index (χ3v) is 5.86. The maximum atomic E-state index is 12.5. The van der Waals surface area contributed by atoms with E-state index in [4.69, 9.17) is 0 Å². The van der Waals surface area contributed by atoms with Gasteiger partial charge in [0.15, 0.2) is 4.96 Å². The fourth-order valence-electron chi connectivity index (χ4n) is 3.29. The second-order valence-electron chi connectivity index (χ2n) is 6.44. The Morgan fingerprint density at radius 3 is 2.75 bits per heavy atom. The molecule has 0 saturated carbocycles. The molecule has 3 heterocycles. The molecule has 8 heteroatoms. The molecular weight excluding hydrogens is 438 g/mol. The number of hydrazone groups is 1. The van der Waals surface area contributed by atoms with Gasteiger partial charge in [0.2, 0.25) is 0 Å². The van der Waals surface area contributed by atoms with Gasteiger partial charge in [-0.15, -0.1) is 11.3 Å². The van der Waals surface area contributed by atoms with E-state index in [9.17, 15) is 4.79 Å². The van der Waals surface area contributed by atoms with Crippen LogP contribution in [0.2, 0.25) is 0 Å². The van der Waals surface area contributed by atoms with Crippen molar-refractivity contribution in [3.05, 3.63) is 74.7 Å². The molecule has 0 unspecified atom stereocenters. The minimum absolute atomic E-state index is 0.277. The third kappa shape index (κ3) is 3.29. The van der Waals surface area contributed by atoms with Crippen LogP contribution in [0, 0.1) is 20.8 Å². The van der Waals surface area contributed by atoms with Gasteiger partial charge in [-0.25, -0.2) is 10.4 Å². The molecule has 0 aliphatic carbocycles. The molecule has 0 fully saturated rings. The van der Waals surface area contributed by atoms with Crippen molar-refractivity contribution < 1.29 is 4.79 Å². The number of halogens is 1. The van der Waals surface area contributed by atoms with E-state index in [0.717, 1.165) is 32.1 Å². The zero-order valence-electron chi connectivity index (χ0n) is 15.6. The quantitative estimate of drug-likeness (QED) is 0.359. The maximum absolute atomic E-state index is 12.5. The van der Waals surface area contributed by atoms with Crippen molar-refractivity contribution >= 4 is 44.3 Å². The lowest BCUT2D eigenvalue weighted by molar-refractivity contribution is 0.0948. The smallest absolute Gasteiger partial charge is 0.290 e. The van der Waals surface area contributed by atoms with Crippen LogP contribution in [0.1, 0.15) is 33.1 Å². The average molecular weight is 456 g/mol. The van der Waals surface area contributed by atoms with Gasteiger partial charge in [-0.3, -0.25) is 9.20 Å². The lowest BCUT2D eigenvalue weighted by atomic mass is 10.2. The average Bonchev–Trinajstić information content (AvgIpc) is 3.29. The number of amides is 1. The number of carbonyl (C=O) groups is 1. The molecule has 4 aromatic rings. The number of aromatic nitrogens is 3. The molecule has 0 aliphatic rings. The van der Waals surface area contributed by atoms with Crippen molar-refractivity contribution in [2.75, 3.05) is 0 Å². The van der Waals surface area contributed by atoms with Crippen LogP contribution in [-0.4, -0.2) is 26.1 Å². The first kappa shape index (κ1) is 18.6. The molecule has 0 saturated heterocycles. The number of fused-ring (bicyclic) bond motifs is 1. The van der Waals surface area contributed by atoms with E-state index in [0.29, 0.717) is 11.4 Å². The summed E-state index contributed by atoms with van der Waals surface area (Å²) in [5, 5.41) is 6.07. The van der Waals surface area contributed by atoms with Crippen molar-refractivity contribution in [1.82, 2.24) is 19.4 Å². The van der Waals surface area contributed by atoms with Gasteiger partial charge in [0.25, 0.3) is 5.91 Å². The Bertz CT molecular complexity index is 1200. The van der Waals surface area contributed by atoms with Crippen LogP contribution in [0.25, 0.3) is 10.6 Å². The molecule has 1 amide bonds. The van der Waals surface area contributed by atoms with E-state index in [1.54, 1.807) is 10.6 Å². The second kappa shape index (κ2) is 7.37. The molecule has 1 N–H and O–H groups in total. The van der Waals surface area contributed by atoms with Crippen molar-refractivity contribution in [1.29, 1.82) is 0 Å². The van der Waals surface area contributed by atoms with E-state index < -0.39 is 0 Å². The van der Waals surface area contributed by atoms with Crippen LogP contribution in [0.15, 0.2) is 51.5 Å². The highest BCUT2D eigenvalue weighted by Crippen LogP contribution is 2.21. The molecule has 28 heavy (non-hydrogen) atoms. The highest BCUT2D eigenvalue weighted by molar-refractivity contribution is 9.10. The molecule has 1 aromatic carbocycles. The van der Waals surface area contributed by atoms with E-state index in [2.05, 4.69) is 48.1 Å². The summed E-state index contributed by atoms with van der Waals surface area (Å²) >= 11 is 4.96. The molecule has 3 aromatic heterocycles. The Balaban J connectivity index is 1.56. The number of nitrogens with one attached hydrogen (secondary N) is 1. The van der Waals surface area contributed by atoms with Crippen molar-refractivity contribution in [2.24, 2.45) is 5.10 Å². The molecule has 0 bridgehead atoms. The summed E-state index contributed by atoms with van der Waals surface area (Å²) in [6.07, 6.45) is 3.52. The Labute approximate surface area is 174 Å². The number of benzene rings is 1. The Kier molecular flexibility index (Phi) is 4.91. The number of imidazole rings is 1. The van der Waals surface area contributed by atoms with E-state index in [-0.39, 0.29) is 5.91 Å². The number of rotatable bonds is 4. The Morgan fingerprint density at radius 1 is 1.25 bits per heavy atom. The predicted molar refractivity (Wildman–Crippen MR) is 116 cm³/mol. The molecule has 0 atom stereocenters. The molecule has 0 radical (unpaired) electrons. The first-order valence-corrected chi connectivity index (χ1v) is 10.3. The summed E-state index contributed by atoms with van der Waals surface area (Å²) in [5.74, 6) is -0.277. The standard InChI is InChI=1S/C20H18BrN5OS/c1-12-10-15(14(3)26(12)17-6-4-16(21)5-7-17)11-22-24-19(27)18-13(2)23-20-25(18)8-9-28-20/h4-11H,1-3H3,(H,24,27)/b22-11-. The van der Waals surface area contributed by atoms with E-state index in [1.165, 1.54) is 11.3 Å². The van der Waals surface area contributed by atoms with E-state index >= 15 is 0 Å². The van der Waals surface area contributed by atoms with Gasteiger partial charge in [-0.2, -0.15) is 5.10 Å². The fraction of sp³-hybridized carbons (Fsp3) is 0.150. The highest BCUT2D eigenvalue weighted by Gasteiger charge is 2.17. The molecule has 4 rings (SSSR count). The van der Waals surface area contributed by atoms with Gasteiger partial charge < -0.3 is 4.57 Å². The van der Waals surface area contributed by atoms with Crippen LogP contribution < -0.4 is 5.43 Å². The van der Waals surface area contributed by atoms with Crippen LogP contribution in [-0.2, 0) is 0 Å². The first-order chi connectivity index (χ1) is 13.5. The van der Waals surface area contributed by atoms with Gasteiger partial charge in [0.05, 0.1) is 11.9 Å². The number of thiazole rings is 1. The molecule has 0 aliphatic heterocycles. The van der Waals surface area contributed by atoms with Crippen LogP contribution >= 0.6 is 27.3 Å². The molecule has 142 valence electrons. The minimum Gasteiger partial charge on any atom is -0.318 e. The fourth-order valence-corrected chi connectivity index (χ4v) is 4.31. The molecule has 0 spiro atoms. The van der Waals surface area contributed by atoms with Crippen molar-refractivity contribution in [2.45, 2.75) is 20.8 Å². The number of aryl methyl sites for hydroxylation is 2. The van der Waals surface area contributed by atoms with Gasteiger partial charge in [0, 0.05) is 38.7 Å². The Morgan fingerprint density at radius 2 is 2.00 bits per heavy atom. The van der Waals surface area contributed by atoms with Gasteiger partial charge in [-0.05, 0) is 51.1 Å². The lowest BCUT2D eigenvalue weighted by Gasteiger charge is -2.09. The monoisotopic (exact) mass is 455 g/mol. The van der Waals surface area contributed by atoms with Crippen molar-refractivity contribution in [3.63, 3.8) is 0 Å². The van der Waals surface area contributed by atoms with Gasteiger partial charge in [-0.1, -0.05) is 15.9 Å². The summed E-state index contributed by atoms with van der Waals surface area (Å²) in [6.45, 7) is 5.91. The number of hydrogen-bond donors (Lipinski definition) is 1. The zero-order chi connectivity index (χ0) is 19.8. The van der Waals surface area contributed by atoms with Crippen LogP contribution in [0.5, 0.6) is 0 Å². The zero-order valence-corrected chi connectivity index (χ0v) is 18.0. The number of hydrogen-bond acceptors (Lipinski definition) is 4. The largest absolute Gasteiger partial charge is 0.318 e. The predicted octanol–water partition coefficient (Wildman–Crippen LogP) is 4.64. The second-order valence-corrected chi connectivity index (χ2v) is 8.23. The number of carbonyl (C=O) groups excluding carboxylic acids is 1. The molecular formula is C20H18BrN5OS. The summed E-state index contributed by atoms with van der Waals surface area (Å²) in [6, 6.07) is 10.2. The summed E-state index contributed by atoms with van der Waals surface area (Å²) in [7, 11) is 0. The Hall–Kier alpha value is -2.71. The van der Waals surface area contributed by atoms with Crippen LogP contribution in [0.3, 0.4) is 0 Å². The minimum atomic E-state index is -0.277. The topological polar surface area (TPSA) is 63.7 Å². The summed E-state index contributed by atoms with van der Waals surface area (Å²) in [5.41, 5.74) is 8.00. The number of nitrogens with zero attached hydrogens (tertiary/aromatic N) is 4. The maximum Gasteiger partial charge on any atom is 0.290 e. The SMILES string of the molecule is Cc1nc2sccn2c1C(=O)N/N=C\c1cc(C)n(-c2ccc(Br)cc2)c1C. The van der Waals surface area contributed by atoms with E-state index in [1.807, 2.05) is 50.5 Å². The molecule has 6 nitrogen and oxygen atoms in total. The third-order valence-electron chi connectivity index (χ3n) is 4.58. The normalized spacial score (nSPS) is 11.6. The van der Waals surface area contributed by atoms with Crippen LogP contribution in [0.4, 0.5) is 0 Å². The van der Waals surface area contributed by atoms with Crippen molar-refractivity contribution in [3.8, 4) is 5.69 Å². The summed E-state index contributed by atoms with van der Waals surface area (Å²) < 4.78 is 4.98. The highest BCUT2D eigenvalue weighted by atomic mass is 79.9. The first-order valence-electron chi connectivity index (χ1n) is 8.66. The van der Waals surface area contributed by atoms with Gasteiger partial charge in [0.1, 0.15) is 5.69 Å². The van der Waals surface area contributed by atoms with Gasteiger partial charge >= 0.3 is 0 Å². The lowest BCUT2D eigenvalue weighted by Crippen LogP contribution is -2.20. The summed E-state index contributed by atoms with van der Waals surface area (Å²) in [4.78, 5) is 17.7.